The molecule has 0 bridgehead atoms. The number of nitrogens with two attached hydrogens (primary N) is 1. The highest BCUT2D eigenvalue weighted by Crippen LogP contribution is 2.27. The number of aromatic hydroxyl groups is 1. The van der Waals surface area contributed by atoms with Crippen molar-refractivity contribution in [2.45, 2.75) is 12.5 Å². The lowest BCUT2D eigenvalue weighted by Crippen LogP contribution is -2.47. The molecule has 1 unspecified atom stereocenters. The number of methoxy groups -OCH3 is 2. The summed E-state index contributed by atoms with van der Waals surface area (Å²) in [6.45, 7) is -0.310. The van der Waals surface area contributed by atoms with Crippen molar-refractivity contribution < 1.29 is 28.9 Å². The van der Waals surface area contributed by atoms with Crippen molar-refractivity contribution in [2.75, 3.05) is 20.8 Å². The molecule has 2 aromatic rings. The first-order chi connectivity index (χ1) is 12.9. The van der Waals surface area contributed by atoms with Crippen LogP contribution in [0.15, 0.2) is 42.5 Å². The lowest BCUT2D eigenvalue weighted by molar-refractivity contribution is -0.128. The molecule has 8 nitrogen and oxygen atoms in total. The van der Waals surface area contributed by atoms with E-state index in [9.17, 15) is 14.7 Å². The van der Waals surface area contributed by atoms with Gasteiger partial charge in [-0.1, -0.05) is 12.1 Å². The van der Waals surface area contributed by atoms with E-state index in [1.165, 1.54) is 26.4 Å². The summed E-state index contributed by atoms with van der Waals surface area (Å²) in [6.07, 6.45) is 0.203. The fraction of sp³-hybridized carbons (Fsp3) is 0.263. The minimum absolute atomic E-state index is 0.112. The number of hydrogen-bond donors (Lipinski definition) is 3. The lowest BCUT2D eigenvalue weighted by Gasteiger charge is -2.16. The predicted octanol–water partition coefficient (Wildman–Crippen LogP) is 1.00. The van der Waals surface area contributed by atoms with Crippen LogP contribution in [0.4, 0.5) is 0 Å². The maximum atomic E-state index is 12.1. The largest absolute Gasteiger partial charge is 0.508 e. The summed E-state index contributed by atoms with van der Waals surface area (Å²) in [4.78, 5) is 23.8. The highest BCUT2D eigenvalue weighted by molar-refractivity contribution is 5.87. The summed E-state index contributed by atoms with van der Waals surface area (Å²) in [5.41, 5.74) is 6.11. The number of carbonyl (C=O) groups excluding carboxylic acids is 2. The average Bonchev–Trinajstić information content (AvgIpc) is 2.67. The van der Waals surface area contributed by atoms with Gasteiger partial charge in [-0.15, -0.1) is 0 Å². The van der Waals surface area contributed by atoms with Crippen molar-refractivity contribution in [3.8, 4) is 23.0 Å². The predicted molar refractivity (Wildman–Crippen MR) is 98.0 cm³/mol. The van der Waals surface area contributed by atoms with Crippen LogP contribution in [0.3, 0.4) is 0 Å². The second-order valence-corrected chi connectivity index (χ2v) is 5.73. The Morgan fingerprint density at radius 2 is 1.59 bits per heavy atom. The number of amides is 2. The number of carbonyl (C=O) groups is 2. The molecule has 144 valence electrons. The highest BCUT2D eigenvalue weighted by atomic mass is 16.5. The van der Waals surface area contributed by atoms with E-state index in [0.29, 0.717) is 17.2 Å². The molecule has 0 saturated heterocycles. The summed E-state index contributed by atoms with van der Waals surface area (Å²) >= 11 is 0. The number of phenols is 1. The SMILES string of the molecule is COc1cc(OC)cc(OCC(=O)NC(Cc2ccc(O)cc2)C(N)=O)c1. The number of phenolic OH excluding ortho intramolecular Hbond substituents is 1. The van der Waals surface area contributed by atoms with Crippen molar-refractivity contribution in [3.05, 3.63) is 48.0 Å². The molecule has 2 amide bonds. The normalized spacial score (nSPS) is 11.3. The summed E-state index contributed by atoms with van der Waals surface area (Å²) in [5.74, 6) is 0.370. The summed E-state index contributed by atoms with van der Waals surface area (Å²) in [6, 6.07) is 10.3. The van der Waals surface area contributed by atoms with E-state index in [2.05, 4.69) is 5.32 Å². The molecule has 0 aliphatic rings. The van der Waals surface area contributed by atoms with Gasteiger partial charge in [-0.25, -0.2) is 0 Å². The second kappa shape index (κ2) is 9.33. The molecule has 0 aromatic heterocycles. The molecule has 0 radical (unpaired) electrons. The van der Waals surface area contributed by atoms with E-state index >= 15 is 0 Å². The maximum absolute atomic E-state index is 12.1. The number of primary amides is 1. The standard InChI is InChI=1S/C19H22N2O6/c1-25-14-8-15(26-2)10-16(9-14)27-11-18(23)21-17(19(20)24)7-12-3-5-13(22)6-4-12/h3-6,8-10,17,22H,7,11H2,1-2H3,(H2,20,24)(H,21,23). The van der Waals surface area contributed by atoms with Crippen LogP contribution in [0.25, 0.3) is 0 Å². The monoisotopic (exact) mass is 374 g/mol. The Kier molecular flexibility index (Phi) is 6.87. The third-order valence-electron chi connectivity index (χ3n) is 3.75. The third kappa shape index (κ3) is 6.10. The molecule has 27 heavy (non-hydrogen) atoms. The van der Waals surface area contributed by atoms with Gasteiger partial charge >= 0.3 is 0 Å². The van der Waals surface area contributed by atoms with E-state index in [0.717, 1.165) is 5.56 Å². The summed E-state index contributed by atoms with van der Waals surface area (Å²) in [5, 5.41) is 11.8. The number of hydrogen-bond acceptors (Lipinski definition) is 6. The van der Waals surface area contributed by atoms with Gasteiger partial charge < -0.3 is 30.4 Å². The Labute approximate surface area is 156 Å². The van der Waals surface area contributed by atoms with Crippen LogP contribution < -0.4 is 25.3 Å². The Morgan fingerprint density at radius 3 is 2.11 bits per heavy atom. The molecular formula is C19H22N2O6. The van der Waals surface area contributed by atoms with Crippen LogP contribution in [-0.2, 0) is 16.0 Å². The molecular weight excluding hydrogens is 352 g/mol. The fourth-order valence-electron chi connectivity index (χ4n) is 2.34. The molecule has 0 saturated carbocycles. The van der Waals surface area contributed by atoms with Gasteiger partial charge in [0.1, 0.15) is 29.0 Å². The third-order valence-corrected chi connectivity index (χ3v) is 3.75. The van der Waals surface area contributed by atoms with Crippen LogP contribution in [0.2, 0.25) is 0 Å². The Bertz CT molecular complexity index is 769. The number of nitrogens with one attached hydrogen (secondary N) is 1. The molecule has 0 heterocycles. The molecule has 0 spiro atoms. The first kappa shape index (κ1) is 19.9. The van der Waals surface area contributed by atoms with Gasteiger partial charge in [0.15, 0.2) is 6.61 Å². The number of rotatable bonds is 9. The zero-order valence-corrected chi connectivity index (χ0v) is 15.1. The molecule has 1 atom stereocenters. The molecule has 2 aromatic carbocycles. The van der Waals surface area contributed by atoms with Gasteiger partial charge in [0, 0.05) is 24.6 Å². The average molecular weight is 374 g/mol. The van der Waals surface area contributed by atoms with E-state index in [4.69, 9.17) is 19.9 Å². The highest BCUT2D eigenvalue weighted by Gasteiger charge is 2.19. The molecule has 0 fully saturated rings. The van der Waals surface area contributed by atoms with Crippen LogP contribution >= 0.6 is 0 Å². The number of ether oxygens (including phenoxy) is 3. The second-order valence-electron chi connectivity index (χ2n) is 5.73. The van der Waals surface area contributed by atoms with Crippen molar-refractivity contribution in [1.29, 1.82) is 0 Å². The fourth-order valence-corrected chi connectivity index (χ4v) is 2.34. The first-order valence-electron chi connectivity index (χ1n) is 8.13. The molecule has 0 aliphatic carbocycles. The van der Waals surface area contributed by atoms with E-state index < -0.39 is 17.9 Å². The first-order valence-corrected chi connectivity index (χ1v) is 8.13. The lowest BCUT2D eigenvalue weighted by atomic mass is 10.1. The number of benzene rings is 2. The van der Waals surface area contributed by atoms with Gasteiger partial charge in [-0.2, -0.15) is 0 Å². The summed E-state index contributed by atoms with van der Waals surface area (Å²) in [7, 11) is 3.01. The summed E-state index contributed by atoms with van der Waals surface area (Å²) < 4.78 is 15.7. The molecule has 2 rings (SSSR count). The molecule has 8 heteroatoms. The maximum Gasteiger partial charge on any atom is 0.258 e. The zero-order valence-electron chi connectivity index (χ0n) is 15.1. The van der Waals surface area contributed by atoms with Gasteiger partial charge in [-0.05, 0) is 17.7 Å². The zero-order chi connectivity index (χ0) is 19.8. The Balaban J connectivity index is 1.96. The Morgan fingerprint density at radius 1 is 1.04 bits per heavy atom. The van der Waals surface area contributed by atoms with Gasteiger partial charge in [0.2, 0.25) is 5.91 Å². The van der Waals surface area contributed by atoms with Gasteiger partial charge in [0.25, 0.3) is 5.91 Å². The van der Waals surface area contributed by atoms with Crippen molar-refractivity contribution in [3.63, 3.8) is 0 Å². The molecule has 4 N–H and O–H groups in total. The van der Waals surface area contributed by atoms with Crippen molar-refractivity contribution in [2.24, 2.45) is 5.73 Å². The van der Waals surface area contributed by atoms with Crippen molar-refractivity contribution >= 4 is 11.8 Å². The van der Waals surface area contributed by atoms with Crippen LogP contribution in [0, 0.1) is 0 Å². The smallest absolute Gasteiger partial charge is 0.258 e. The minimum atomic E-state index is -0.898. The van der Waals surface area contributed by atoms with Crippen molar-refractivity contribution in [1.82, 2.24) is 5.32 Å². The topological polar surface area (TPSA) is 120 Å². The molecule has 0 aliphatic heterocycles. The Hall–Kier alpha value is -3.42. The van der Waals surface area contributed by atoms with Gasteiger partial charge in [-0.3, -0.25) is 9.59 Å². The van der Waals surface area contributed by atoms with Gasteiger partial charge in [0.05, 0.1) is 14.2 Å². The quantitative estimate of drug-likeness (QED) is 0.602. The van der Waals surface area contributed by atoms with Crippen LogP contribution in [0.5, 0.6) is 23.0 Å². The minimum Gasteiger partial charge on any atom is -0.508 e. The van der Waals surface area contributed by atoms with E-state index in [1.807, 2.05) is 0 Å². The van der Waals surface area contributed by atoms with E-state index in [1.54, 1.807) is 30.3 Å². The van der Waals surface area contributed by atoms with Crippen LogP contribution in [-0.4, -0.2) is 43.8 Å². The van der Waals surface area contributed by atoms with Crippen LogP contribution in [0.1, 0.15) is 5.56 Å². The van der Waals surface area contributed by atoms with E-state index in [-0.39, 0.29) is 18.8 Å².